The lowest BCUT2D eigenvalue weighted by Gasteiger charge is -2.10. The molecule has 0 aliphatic carbocycles. The molecule has 2 rings (SSSR count). The second kappa shape index (κ2) is 11.3. The maximum Gasteiger partial charge on any atom is 0.220 e. The van der Waals surface area contributed by atoms with Gasteiger partial charge in [0.25, 0.3) is 0 Å². The van der Waals surface area contributed by atoms with Crippen LogP contribution >= 0.6 is 0 Å². The summed E-state index contributed by atoms with van der Waals surface area (Å²) in [5, 5.41) is 2.98. The topological polar surface area (TPSA) is 47.6 Å². The van der Waals surface area contributed by atoms with Gasteiger partial charge in [-0.3, -0.25) is 4.79 Å². The van der Waals surface area contributed by atoms with Gasteiger partial charge in [0.15, 0.2) is 0 Å². The van der Waals surface area contributed by atoms with E-state index in [4.69, 9.17) is 9.47 Å². The Morgan fingerprint density at radius 3 is 2.30 bits per heavy atom. The van der Waals surface area contributed by atoms with Gasteiger partial charge in [0.1, 0.15) is 11.5 Å². The molecule has 0 aliphatic heterocycles. The quantitative estimate of drug-likeness (QED) is 0.585. The Morgan fingerprint density at radius 2 is 1.63 bits per heavy atom. The zero-order valence-electron chi connectivity index (χ0n) is 16.7. The molecule has 27 heavy (non-hydrogen) atoms. The molecule has 0 saturated heterocycles. The van der Waals surface area contributed by atoms with Gasteiger partial charge in [0.2, 0.25) is 5.91 Å². The van der Waals surface area contributed by atoms with Crippen molar-refractivity contribution in [2.24, 2.45) is 0 Å². The van der Waals surface area contributed by atoms with Crippen molar-refractivity contribution < 1.29 is 14.3 Å². The summed E-state index contributed by atoms with van der Waals surface area (Å²) in [6, 6.07) is 16.1. The molecule has 2 aromatic carbocycles. The predicted molar refractivity (Wildman–Crippen MR) is 109 cm³/mol. The normalized spacial score (nSPS) is 10.7. The highest BCUT2D eigenvalue weighted by Gasteiger charge is 2.02. The molecule has 1 amide bonds. The fourth-order valence-corrected chi connectivity index (χ4v) is 2.67. The smallest absolute Gasteiger partial charge is 0.220 e. The van der Waals surface area contributed by atoms with Crippen molar-refractivity contribution in [1.82, 2.24) is 5.32 Å². The van der Waals surface area contributed by atoms with Gasteiger partial charge in [-0.15, -0.1) is 0 Å². The number of carbonyl (C=O) groups is 1. The number of benzene rings is 2. The molecule has 0 saturated carbocycles. The van der Waals surface area contributed by atoms with E-state index in [0.29, 0.717) is 19.6 Å². The molecule has 4 nitrogen and oxygen atoms in total. The number of ether oxygens (including phenoxy) is 2. The summed E-state index contributed by atoms with van der Waals surface area (Å²) in [5.41, 5.74) is 2.47. The molecule has 1 N–H and O–H groups in total. The number of hydrogen-bond acceptors (Lipinski definition) is 3. The highest BCUT2D eigenvalue weighted by Crippen LogP contribution is 2.15. The zero-order valence-corrected chi connectivity index (χ0v) is 16.7. The first-order valence-electron chi connectivity index (χ1n) is 9.74. The van der Waals surface area contributed by atoms with E-state index < -0.39 is 0 Å². The summed E-state index contributed by atoms with van der Waals surface area (Å²) in [7, 11) is 0. The van der Waals surface area contributed by atoms with Crippen molar-refractivity contribution in [3.05, 3.63) is 59.7 Å². The lowest BCUT2D eigenvalue weighted by Crippen LogP contribution is -2.24. The Labute approximate surface area is 162 Å². The molecule has 146 valence electrons. The standard InChI is InChI=1S/C23H31NO3/c1-18(2)27-22-14-10-20(11-15-22)6-4-16-24-23(25)7-5-17-26-21-12-8-19(3)9-13-21/h8-15,18H,4-7,16-17H2,1-3H3,(H,24,25). The maximum atomic E-state index is 11.9. The number of nitrogens with one attached hydrogen (secondary N) is 1. The second-order valence-corrected chi connectivity index (χ2v) is 7.03. The molecule has 0 fully saturated rings. The minimum Gasteiger partial charge on any atom is -0.494 e. The molecule has 2 aromatic rings. The molecular formula is C23H31NO3. The number of rotatable bonds is 11. The Balaban J connectivity index is 1.53. The Kier molecular flexibility index (Phi) is 8.69. The maximum absolute atomic E-state index is 11.9. The molecule has 0 heterocycles. The average Bonchev–Trinajstić information content (AvgIpc) is 2.65. The van der Waals surface area contributed by atoms with Gasteiger partial charge in [-0.25, -0.2) is 0 Å². The van der Waals surface area contributed by atoms with Crippen LogP contribution in [0.2, 0.25) is 0 Å². The summed E-state index contributed by atoms with van der Waals surface area (Å²) in [6.07, 6.45) is 3.27. The van der Waals surface area contributed by atoms with Crippen molar-refractivity contribution in [3.63, 3.8) is 0 Å². The summed E-state index contributed by atoms with van der Waals surface area (Å²) >= 11 is 0. The second-order valence-electron chi connectivity index (χ2n) is 7.03. The van der Waals surface area contributed by atoms with Crippen LogP contribution in [0.25, 0.3) is 0 Å². The van der Waals surface area contributed by atoms with E-state index in [0.717, 1.165) is 30.8 Å². The molecule has 0 aliphatic rings. The van der Waals surface area contributed by atoms with E-state index in [9.17, 15) is 4.79 Å². The van der Waals surface area contributed by atoms with E-state index in [1.807, 2.05) is 57.2 Å². The van der Waals surface area contributed by atoms with Crippen LogP contribution < -0.4 is 14.8 Å². The van der Waals surface area contributed by atoms with Gasteiger partial charge in [-0.2, -0.15) is 0 Å². The first-order valence-corrected chi connectivity index (χ1v) is 9.74. The average molecular weight is 370 g/mol. The van der Waals surface area contributed by atoms with Crippen LogP contribution in [0.5, 0.6) is 11.5 Å². The fourth-order valence-electron chi connectivity index (χ4n) is 2.67. The van der Waals surface area contributed by atoms with E-state index >= 15 is 0 Å². The first-order chi connectivity index (χ1) is 13.0. The Bertz CT molecular complexity index is 678. The third kappa shape index (κ3) is 8.63. The molecule has 0 aromatic heterocycles. The zero-order chi connectivity index (χ0) is 19.5. The molecular weight excluding hydrogens is 338 g/mol. The van der Waals surface area contributed by atoms with Gasteiger partial charge >= 0.3 is 0 Å². The number of amides is 1. The molecule has 0 radical (unpaired) electrons. The first kappa shape index (κ1) is 20.8. The van der Waals surface area contributed by atoms with Crippen LogP contribution in [0.4, 0.5) is 0 Å². The van der Waals surface area contributed by atoms with Crippen LogP contribution in [0, 0.1) is 6.92 Å². The van der Waals surface area contributed by atoms with Crippen molar-refractivity contribution in [1.29, 1.82) is 0 Å². The lowest BCUT2D eigenvalue weighted by atomic mass is 10.1. The number of hydrogen-bond donors (Lipinski definition) is 1. The number of aryl methyl sites for hydroxylation is 2. The summed E-state index contributed by atoms with van der Waals surface area (Å²) in [5.74, 6) is 1.84. The monoisotopic (exact) mass is 369 g/mol. The van der Waals surface area contributed by atoms with E-state index in [1.54, 1.807) is 0 Å². The third-order valence-electron chi connectivity index (χ3n) is 4.10. The summed E-state index contributed by atoms with van der Waals surface area (Å²) in [4.78, 5) is 11.9. The summed E-state index contributed by atoms with van der Waals surface area (Å²) < 4.78 is 11.3. The number of carbonyl (C=O) groups excluding carboxylic acids is 1. The van der Waals surface area contributed by atoms with Gasteiger partial charge in [-0.1, -0.05) is 29.8 Å². The Hall–Kier alpha value is -2.49. The molecule has 0 bridgehead atoms. The van der Waals surface area contributed by atoms with Crippen LogP contribution in [0.3, 0.4) is 0 Å². The highest BCUT2D eigenvalue weighted by molar-refractivity contribution is 5.75. The predicted octanol–water partition coefficient (Wildman–Crippen LogP) is 4.69. The van der Waals surface area contributed by atoms with E-state index in [1.165, 1.54) is 11.1 Å². The van der Waals surface area contributed by atoms with Crippen LogP contribution in [0.1, 0.15) is 44.2 Å². The van der Waals surface area contributed by atoms with Crippen LogP contribution in [-0.2, 0) is 11.2 Å². The third-order valence-corrected chi connectivity index (χ3v) is 4.10. The van der Waals surface area contributed by atoms with Crippen LogP contribution in [-0.4, -0.2) is 25.2 Å². The van der Waals surface area contributed by atoms with Crippen molar-refractivity contribution in [2.45, 2.75) is 52.6 Å². The summed E-state index contributed by atoms with van der Waals surface area (Å²) in [6.45, 7) is 7.34. The SMILES string of the molecule is Cc1ccc(OCCCC(=O)NCCCc2ccc(OC(C)C)cc2)cc1. The minimum absolute atomic E-state index is 0.0863. The van der Waals surface area contributed by atoms with Gasteiger partial charge in [-0.05, 0) is 69.9 Å². The lowest BCUT2D eigenvalue weighted by molar-refractivity contribution is -0.121. The molecule has 0 unspecified atom stereocenters. The fraction of sp³-hybridized carbons (Fsp3) is 0.435. The van der Waals surface area contributed by atoms with Crippen molar-refractivity contribution in [3.8, 4) is 11.5 Å². The van der Waals surface area contributed by atoms with Crippen LogP contribution in [0.15, 0.2) is 48.5 Å². The molecule has 0 spiro atoms. The highest BCUT2D eigenvalue weighted by atomic mass is 16.5. The molecule has 4 heteroatoms. The van der Waals surface area contributed by atoms with Gasteiger partial charge in [0, 0.05) is 13.0 Å². The minimum atomic E-state index is 0.0863. The Morgan fingerprint density at radius 1 is 0.963 bits per heavy atom. The van der Waals surface area contributed by atoms with Crippen molar-refractivity contribution >= 4 is 5.91 Å². The van der Waals surface area contributed by atoms with E-state index in [2.05, 4.69) is 17.4 Å². The van der Waals surface area contributed by atoms with E-state index in [-0.39, 0.29) is 12.0 Å². The van der Waals surface area contributed by atoms with Gasteiger partial charge < -0.3 is 14.8 Å². The van der Waals surface area contributed by atoms with Gasteiger partial charge in [0.05, 0.1) is 12.7 Å². The van der Waals surface area contributed by atoms with Crippen molar-refractivity contribution in [2.75, 3.05) is 13.2 Å². The molecule has 0 atom stereocenters. The largest absolute Gasteiger partial charge is 0.494 e.